The van der Waals surface area contributed by atoms with Gasteiger partial charge in [0.1, 0.15) is 0 Å². The highest BCUT2D eigenvalue weighted by Gasteiger charge is 2.12. The Kier molecular flexibility index (Phi) is 4.44. The first-order chi connectivity index (χ1) is 8.65. The van der Waals surface area contributed by atoms with E-state index in [-0.39, 0.29) is 11.5 Å². The number of rotatable bonds is 5. The fourth-order valence-corrected chi connectivity index (χ4v) is 3.62. The zero-order chi connectivity index (χ0) is 13.0. The molecule has 18 heavy (non-hydrogen) atoms. The van der Waals surface area contributed by atoms with E-state index in [9.17, 15) is 9.00 Å². The second-order valence-electron chi connectivity index (χ2n) is 4.05. The number of benzene rings is 1. The molecule has 94 valence electrons. The molecule has 1 aromatic carbocycles. The van der Waals surface area contributed by atoms with E-state index in [0.717, 1.165) is 10.4 Å². The molecule has 2 nitrogen and oxygen atoms in total. The van der Waals surface area contributed by atoms with Gasteiger partial charge in [-0.05, 0) is 24.6 Å². The summed E-state index contributed by atoms with van der Waals surface area (Å²) in [5.74, 6) is 0.522. The van der Waals surface area contributed by atoms with Gasteiger partial charge in [0.25, 0.3) is 0 Å². The van der Waals surface area contributed by atoms with Gasteiger partial charge in [-0.15, -0.1) is 11.3 Å². The van der Waals surface area contributed by atoms with Crippen LogP contribution in [0.25, 0.3) is 0 Å². The van der Waals surface area contributed by atoms with E-state index in [2.05, 4.69) is 0 Å². The minimum atomic E-state index is -1.14. The summed E-state index contributed by atoms with van der Waals surface area (Å²) in [6.45, 7) is 1.96. The molecule has 1 aromatic heterocycles. The fourth-order valence-electron chi connectivity index (χ4n) is 1.61. The van der Waals surface area contributed by atoms with E-state index in [4.69, 9.17) is 0 Å². The van der Waals surface area contributed by atoms with Crippen molar-refractivity contribution in [3.05, 3.63) is 57.8 Å². The van der Waals surface area contributed by atoms with Crippen molar-refractivity contribution >= 4 is 27.9 Å². The van der Waals surface area contributed by atoms with Crippen molar-refractivity contribution in [2.45, 2.75) is 12.7 Å². The normalized spacial score (nSPS) is 12.3. The van der Waals surface area contributed by atoms with Gasteiger partial charge in [-0.1, -0.05) is 30.3 Å². The molecule has 0 fully saturated rings. The number of hydrogen-bond donors (Lipinski definition) is 0. The van der Waals surface area contributed by atoms with Crippen LogP contribution in [-0.2, 0) is 16.6 Å². The third-order valence-electron chi connectivity index (χ3n) is 2.48. The maximum absolute atomic E-state index is 11.9. The van der Waals surface area contributed by atoms with Crippen molar-refractivity contribution in [2.75, 3.05) is 5.75 Å². The van der Waals surface area contributed by atoms with Crippen LogP contribution in [0.4, 0.5) is 0 Å². The number of thiophene rings is 1. The second kappa shape index (κ2) is 6.07. The molecule has 2 rings (SSSR count). The third-order valence-corrected chi connectivity index (χ3v) is 4.76. The number of Topliss-reactive ketones (excluding diaryl/α,β-unsaturated/α-hetero) is 1. The summed E-state index contributed by atoms with van der Waals surface area (Å²) in [6, 6.07) is 13.3. The molecule has 1 unspecified atom stereocenters. The first-order valence-electron chi connectivity index (χ1n) is 5.63. The lowest BCUT2D eigenvalue weighted by Crippen LogP contribution is -2.11. The van der Waals surface area contributed by atoms with Crippen molar-refractivity contribution in [1.29, 1.82) is 0 Å². The summed E-state index contributed by atoms with van der Waals surface area (Å²) < 4.78 is 11.9. The van der Waals surface area contributed by atoms with Crippen molar-refractivity contribution in [3.8, 4) is 0 Å². The van der Waals surface area contributed by atoms with Crippen LogP contribution in [0.1, 0.15) is 20.1 Å². The van der Waals surface area contributed by atoms with E-state index in [1.165, 1.54) is 11.3 Å². The van der Waals surface area contributed by atoms with Crippen LogP contribution in [0, 0.1) is 6.92 Å². The molecule has 0 saturated carbocycles. The summed E-state index contributed by atoms with van der Waals surface area (Å²) in [6.07, 6.45) is 0. The molecule has 0 spiro atoms. The Balaban J connectivity index is 1.94. The molecule has 0 aliphatic rings. The Labute approximate surface area is 113 Å². The number of carbonyl (C=O) groups excluding carboxylic acids is 1. The Morgan fingerprint density at radius 3 is 2.50 bits per heavy atom. The summed E-state index contributed by atoms with van der Waals surface area (Å²) in [5, 5.41) is 0. The molecule has 4 heteroatoms. The standard InChI is InChI=1S/C14H14O2S2/c1-11-7-8-14(17-11)13(15)10-18(16)9-12-5-3-2-4-6-12/h2-8H,9-10H2,1H3. The largest absolute Gasteiger partial charge is 0.292 e. The van der Waals surface area contributed by atoms with Crippen LogP contribution in [0.15, 0.2) is 42.5 Å². The minimum absolute atomic E-state index is 0.0256. The maximum atomic E-state index is 11.9. The van der Waals surface area contributed by atoms with E-state index in [1.807, 2.05) is 49.4 Å². The molecule has 0 bridgehead atoms. The Morgan fingerprint density at radius 2 is 1.89 bits per heavy atom. The lowest BCUT2D eigenvalue weighted by Gasteiger charge is -2.01. The van der Waals surface area contributed by atoms with Gasteiger partial charge in [0.05, 0.1) is 10.6 Å². The van der Waals surface area contributed by atoms with E-state index in [1.54, 1.807) is 0 Å². The van der Waals surface area contributed by atoms with E-state index >= 15 is 0 Å². The Morgan fingerprint density at radius 1 is 1.17 bits per heavy atom. The third kappa shape index (κ3) is 3.62. The topological polar surface area (TPSA) is 34.1 Å². The van der Waals surface area contributed by atoms with Gasteiger partial charge in [0, 0.05) is 21.4 Å². The van der Waals surface area contributed by atoms with Gasteiger partial charge < -0.3 is 0 Å². The monoisotopic (exact) mass is 278 g/mol. The Bertz CT molecular complexity index is 558. The number of hydrogen-bond acceptors (Lipinski definition) is 3. The first-order valence-corrected chi connectivity index (χ1v) is 7.94. The lowest BCUT2D eigenvalue weighted by molar-refractivity contribution is 0.102. The predicted octanol–water partition coefficient (Wildman–Crippen LogP) is 3.19. The molecule has 0 saturated heterocycles. The molecule has 0 radical (unpaired) electrons. The van der Waals surface area contributed by atoms with Gasteiger partial charge in [-0.25, -0.2) is 0 Å². The molecule has 0 aliphatic heterocycles. The van der Waals surface area contributed by atoms with E-state index in [0.29, 0.717) is 10.6 Å². The number of aryl methyl sites for hydroxylation is 1. The van der Waals surface area contributed by atoms with E-state index < -0.39 is 10.8 Å². The van der Waals surface area contributed by atoms with Crippen LogP contribution < -0.4 is 0 Å². The number of carbonyl (C=O) groups is 1. The van der Waals surface area contributed by atoms with Gasteiger partial charge in [-0.3, -0.25) is 9.00 Å². The molecular weight excluding hydrogens is 264 g/mol. The highest BCUT2D eigenvalue weighted by molar-refractivity contribution is 7.85. The van der Waals surface area contributed by atoms with Crippen molar-refractivity contribution in [3.63, 3.8) is 0 Å². The molecule has 2 aromatic rings. The molecule has 1 atom stereocenters. The van der Waals surface area contributed by atoms with Crippen molar-refractivity contribution < 1.29 is 9.00 Å². The molecule has 0 amide bonds. The van der Waals surface area contributed by atoms with Crippen LogP contribution in [-0.4, -0.2) is 15.7 Å². The van der Waals surface area contributed by atoms with Crippen LogP contribution >= 0.6 is 11.3 Å². The molecular formula is C14H14O2S2. The highest BCUT2D eigenvalue weighted by Crippen LogP contribution is 2.16. The SMILES string of the molecule is Cc1ccc(C(=O)CS(=O)Cc2ccccc2)s1. The summed E-state index contributed by atoms with van der Waals surface area (Å²) in [4.78, 5) is 13.7. The van der Waals surface area contributed by atoms with Crippen LogP contribution in [0.2, 0.25) is 0 Å². The van der Waals surface area contributed by atoms with Crippen LogP contribution in [0.5, 0.6) is 0 Å². The van der Waals surface area contributed by atoms with Crippen molar-refractivity contribution in [2.24, 2.45) is 0 Å². The molecule has 1 heterocycles. The Hall–Kier alpha value is -1.26. The highest BCUT2D eigenvalue weighted by atomic mass is 32.2. The summed E-state index contributed by atoms with van der Waals surface area (Å²) >= 11 is 1.46. The zero-order valence-corrected chi connectivity index (χ0v) is 11.7. The maximum Gasteiger partial charge on any atom is 0.185 e. The minimum Gasteiger partial charge on any atom is -0.292 e. The van der Waals surface area contributed by atoms with Gasteiger partial charge >= 0.3 is 0 Å². The number of ketones is 1. The first kappa shape index (κ1) is 13.2. The van der Waals surface area contributed by atoms with Gasteiger partial charge in [0.2, 0.25) is 0 Å². The predicted molar refractivity (Wildman–Crippen MR) is 76.5 cm³/mol. The molecule has 0 N–H and O–H groups in total. The zero-order valence-electron chi connectivity index (χ0n) is 10.1. The van der Waals surface area contributed by atoms with Crippen LogP contribution in [0.3, 0.4) is 0 Å². The van der Waals surface area contributed by atoms with Crippen molar-refractivity contribution in [1.82, 2.24) is 0 Å². The molecule has 0 aliphatic carbocycles. The average Bonchev–Trinajstić information content (AvgIpc) is 2.77. The van der Waals surface area contributed by atoms with Gasteiger partial charge in [0.15, 0.2) is 5.78 Å². The second-order valence-corrected chi connectivity index (χ2v) is 6.79. The smallest absolute Gasteiger partial charge is 0.185 e. The lowest BCUT2D eigenvalue weighted by atomic mass is 10.2. The summed E-state index contributed by atoms with van der Waals surface area (Å²) in [5.41, 5.74) is 1.01. The average molecular weight is 278 g/mol. The van der Waals surface area contributed by atoms with Gasteiger partial charge in [-0.2, -0.15) is 0 Å². The quantitative estimate of drug-likeness (QED) is 0.787. The summed E-state index contributed by atoms with van der Waals surface area (Å²) in [7, 11) is -1.14. The fraction of sp³-hybridized carbons (Fsp3) is 0.214.